The second-order valence-electron chi connectivity index (χ2n) is 4.98. The monoisotopic (exact) mass is 315 g/mol. The molecule has 21 heavy (non-hydrogen) atoms. The molecular weight excluding hydrogens is 294 g/mol. The fraction of sp³-hybridized carbons (Fsp3) is 0.667. The lowest BCUT2D eigenvalue weighted by molar-refractivity contribution is -0.125. The molecular formula is C12H21N5O3S. The lowest BCUT2D eigenvalue weighted by Crippen LogP contribution is -2.51. The Morgan fingerprint density at radius 1 is 1.52 bits per heavy atom. The summed E-state index contributed by atoms with van der Waals surface area (Å²) in [7, 11) is -2.32. The molecule has 8 nitrogen and oxygen atoms in total. The molecule has 1 amide bonds. The Morgan fingerprint density at radius 2 is 2.24 bits per heavy atom. The first-order valence-corrected chi connectivity index (χ1v) is 8.42. The van der Waals surface area contributed by atoms with E-state index in [0.717, 1.165) is 12.8 Å². The van der Waals surface area contributed by atoms with Crippen LogP contribution in [0, 0.1) is 0 Å². The molecule has 1 aliphatic rings. The van der Waals surface area contributed by atoms with Gasteiger partial charge < -0.3 is 11.1 Å². The molecule has 0 spiro atoms. The number of hydrogen-bond donors (Lipinski definition) is 2. The van der Waals surface area contributed by atoms with E-state index in [1.807, 2.05) is 6.92 Å². The molecule has 0 bridgehead atoms. The van der Waals surface area contributed by atoms with Crippen LogP contribution in [-0.4, -0.2) is 48.0 Å². The van der Waals surface area contributed by atoms with Crippen molar-refractivity contribution in [3.8, 4) is 0 Å². The number of amides is 1. The number of nitrogens with zero attached hydrogens (tertiary/aromatic N) is 3. The average Bonchev–Trinajstić information content (AvgIpc) is 2.88. The summed E-state index contributed by atoms with van der Waals surface area (Å²) in [5, 5.41) is 6.49. The van der Waals surface area contributed by atoms with Crippen molar-refractivity contribution in [2.24, 2.45) is 0 Å². The average molecular weight is 315 g/mol. The first kappa shape index (κ1) is 15.8. The number of anilines is 1. The summed E-state index contributed by atoms with van der Waals surface area (Å²) in [6.45, 7) is 2.69. The predicted octanol–water partition coefficient (Wildman–Crippen LogP) is -0.226. The van der Waals surface area contributed by atoms with Crippen molar-refractivity contribution >= 4 is 21.7 Å². The molecule has 1 aromatic rings. The molecule has 0 aliphatic carbocycles. The van der Waals surface area contributed by atoms with Gasteiger partial charge in [-0.25, -0.2) is 8.42 Å². The molecule has 1 aromatic heterocycles. The molecule has 2 heterocycles. The molecule has 1 aliphatic heterocycles. The molecule has 1 fully saturated rings. The van der Waals surface area contributed by atoms with Gasteiger partial charge in [0, 0.05) is 26.3 Å². The van der Waals surface area contributed by atoms with Crippen LogP contribution in [0.1, 0.15) is 26.2 Å². The smallest absolute Gasteiger partial charge is 0.249 e. The third kappa shape index (κ3) is 2.88. The van der Waals surface area contributed by atoms with Gasteiger partial charge in [-0.1, -0.05) is 6.42 Å². The maximum absolute atomic E-state index is 12.8. The molecule has 0 aromatic carbocycles. The molecule has 9 heteroatoms. The molecule has 2 rings (SSSR count). The minimum absolute atomic E-state index is 0.0276. The molecule has 0 saturated carbocycles. The number of piperidine rings is 1. The number of nitrogens with one attached hydrogen (secondary N) is 1. The van der Waals surface area contributed by atoms with Gasteiger partial charge in [0.1, 0.15) is 10.9 Å². The highest BCUT2D eigenvalue weighted by molar-refractivity contribution is 7.89. The number of aromatic nitrogens is 2. The maximum atomic E-state index is 12.8. The van der Waals surface area contributed by atoms with E-state index in [1.54, 1.807) is 0 Å². The van der Waals surface area contributed by atoms with Crippen LogP contribution in [0.25, 0.3) is 0 Å². The quantitative estimate of drug-likeness (QED) is 0.798. The second kappa shape index (κ2) is 6.02. The minimum Gasteiger partial charge on any atom is -0.381 e. The molecule has 1 atom stereocenters. The second-order valence-corrected chi connectivity index (χ2v) is 6.83. The summed E-state index contributed by atoms with van der Waals surface area (Å²) >= 11 is 0. The number of sulfonamides is 1. The van der Waals surface area contributed by atoms with Crippen molar-refractivity contribution in [2.75, 3.05) is 19.3 Å². The van der Waals surface area contributed by atoms with E-state index in [0.29, 0.717) is 19.5 Å². The van der Waals surface area contributed by atoms with Crippen LogP contribution in [0.3, 0.4) is 0 Å². The fourth-order valence-corrected chi connectivity index (χ4v) is 4.24. The van der Waals surface area contributed by atoms with E-state index in [9.17, 15) is 13.2 Å². The Morgan fingerprint density at radius 3 is 2.81 bits per heavy atom. The standard InChI is InChI=1S/C12H21N5O3S/c1-3-16-8-10(11(13)15-16)21(19,20)17-7-5-4-6-9(17)12(18)14-2/h8-9H,3-7H2,1-2H3,(H2,13,15)(H,14,18). The molecule has 3 N–H and O–H groups in total. The highest BCUT2D eigenvalue weighted by Crippen LogP contribution is 2.28. The Bertz CT molecular complexity index is 625. The van der Waals surface area contributed by atoms with Gasteiger partial charge in [-0.05, 0) is 19.8 Å². The van der Waals surface area contributed by atoms with Crippen molar-refractivity contribution in [3.05, 3.63) is 6.20 Å². The van der Waals surface area contributed by atoms with Gasteiger partial charge in [-0.15, -0.1) is 0 Å². The lowest BCUT2D eigenvalue weighted by Gasteiger charge is -2.33. The zero-order valence-corrected chi connectivity index (χ0v) is 13.1. The summed E-state index contributed by atoms with van der Waals surface area (Å²) in [6, 6.07) is -0.682. The summed E-state index contributed by atoms with van der Waals surface area (Å²) in [6.07, 6.45) is 3.49. The molecule has 1 unspecified atom stereocenters. The normalized spacial score (nSPS) is 20.4. The number of nitrogens with two attached hydrogens (primary N) is 1. The van der Waals surface area contributed by atoms with Gasteiger partial charge in [0.05, 0.1) is 0 Å². The molecule has 0 radical (unpaired) electrons. The van der Waals surface area contributed by atoms with Crippen molar-refractivity contribution in [2.45, 2.75) is 43.7 Å². The predicted molar refractivity (Wildman–Crippen MR) is 77.9 cm³/mol. The Hall–Kier alpha value is -1.61. The number of carbonyl (C=O) groups excluding carboxylic acids is 1. The number of hydrogen-bond acceptors (Lipinski definition) is 5. The van der Waals surface area contributed by atoms with Crippen LogP contribution in [0.5, 0.6) is 0 Å². The first-order chi connectivity index (χ1) is 9.91. The minimum atomic E-state index is -3.82. The van der Waals surface area contributed by atoms with Crippen LogP contribution < -0.4 is 11.1 Å². The number of likely N-dealkylation sites (N-methyl/N-ethyl adjacent to an activating group) is 1. The number of rotatable bonds is 4. The molecule has 1 saturated heterocycles. The third-order valence-electron chi connectivity index (χ3n) is 3.67. The first-order valence-electron chi connectivity index (χ1n) is 6.98. The SMILES string of the molecule is CCn1cc(S(=O)(=O)N2CCCCC2C(=O)NC)c(N)n1. The van der Waals surface area contributed by atoms with Crippen molar-refractivity contribution in [1.29, 1.82) is 0 Å². The summed E-state index contributed by atoms with van der Waals surface area (Å²) in [5.41, 5.74) is 5.73. The van der Waals surface area contributed by atoms with E-state index in [4.69, 9.17) is 5.73 Å². The van der Waals surface area contributed by atoms with Gasteiger partial charge in [0.15, 0.2) is 5.82 Å². The lowest BCUT2D eigenvalue weighted by atomic mass is 10.0. The largest absolute Gasteiger partial charge is 0.381 e. The van der Waals surface area contributed by atoms with E-state index < -0.39 is 16.1 Å². The molecule has 118 valence electrons. The zero-order chi connectivity index (χ0) is 15.6. The third-order valence-corrected chi connectivity index (χ3v) is 5.59. The van der Waals surface area contributed by atoms with Crippen molar-refractivity contribution < 1.29 is 13.2 Å². The van der Waals surface area contributed by atoms with Gasteiger partial charge >= 0.3 is 0 Å². The Kier molecular flexibility index (Phi) is 4.52. The van der Waals surface area contributed by atoms with Gasteiger partial charge in [-0.3, -0.25) is 9.48 Å². The van der Waals surface area contributed by atoms with Gasteiger partial charge in [0.2, 0.25) is 15.9 Å². The topological polar surface area (TPSA) is 110 Å². The Labute approximate surface area is 124 Å². The number of carbonyl (C=O) groups is 1. The fourth-order valence-electron chi connectivity index (χ4n) is 2.53. The summed E-state index contributed by atoms with van der Waals surface area (Å²) in [5.74, 6) is -0.321. The van der Waals surface area contributed by atoms with Gasteiger partial charge in [0.25, 0.3) is 0 Å². The highest BCUT2D eigenvalue weighted by Gasteiger charge is 2.38. The van der Waals surface area contributed by atoms with E-state index in [-0.39, 0.29) is 16.6 Å². The zero-order valence-electron chi connectivity index (χ0n) is 12.2. The van der Waals surface area contributed by atoms with E-state index in [1.165, 1.54) is 22.2 Å². The van der Waals surface area contributed by atoms with Crippen LogP contribution in [0.2, 0.25) is 0 Å². The van der Waals surface area contributed by atoms with Crippen LogP contribution in [-0.2, 0) is 21.4 Å². The highest BCUT2D eigenvalue weighted by atomic mass is 32.2. The van der Waals surface area contributed by atoms with E-state index >= 15 is 0 Å². The van der Waals surface area contributed by atoms with Crippen molar-refractivity contribution in [3.63, 3.8) is 0 Å². The van der Waals surface area contributed by atoms with Crippen LogP contribution in [0.15, 0.2) is 11.1 Å². The number of nitrogen functional groups attached to an aromatic ring is 1. The summed E-state index contributed by atoms with van der Waals surface area (Å²) < 4.78 is 28.3. The number of aryl methyl sites for hydroxylation is 1. The van der Waals surface area contributed by atoms with E-state index in [2.05, 4.69) is 10.4 Å². The summed E-state index contributed by atoms with van der Waals surface area (Å²) in [4.78, 5) is 11.9. The Balaban J connectivity index is 2.40. The van der Waals surface area contributed by atoms with Crippen molar-refractivity contribution in [1.82, 2.24) is 19.4 Å². The van der Waals surface area contributed by atoms with Gasteiger partial charge in [-0.2, -0.15) is 9.40 Å². The maximum Gasteiger partial charge on any atom is 0.249 e. The van der Waals surface area contributed by atoms with Crippen LogP contribution in [0.4, 0.5) is 5.82 Å². The van der Waals surface area contributed by atoms with Crippen LogP contribution >= 0.6 is 0 Å².